The highest BCUT2D eigenvalue weighted by molar-refractivity contribution is 5.92. The van der Waals surface area contributed by atoms with Crippen LogP contribution in [0.25, 0.3) is 0 Å². The van der Waals surface area contributed by atoms with Crippen LogP contribution in [-0.4, -0.2) is 27.2 Å². The van der Waals surface area contributed by atoms with Gasteiger partial charge in [0.2, 0.25) is 5.91 Å². The highest BCUT2D eigenvalue weighted by Crippen LogP contribution is 2.33. The summed E-state index contributed by atoms with van der Waals surface area (Å²) in [4.78, 5) is 16.8. The Morgan fingerprint density at radius 1 is 1.52 bits per heavy atom. The first-order chi connectivity index (χ1) is 10.2. The molecule has 0 unspecified atom stereocenters. The topological polar surface area (TPSA) is 82.2 Å². The van der Waals surface area contributed by atoms with E-state index >= 15 is 0 Å². The quantitative estimate of drug-likeness (QED) is 0.932. The first-order valence-electron chi connectivity index (χ1n) is 6.97. The Kier molecular flexibility index (Phi) is 3.74. The molecule has 112 valence electrons. The van der Waals surface area contributed by atoms with Crippen LogP contribution >= 0.6 is 0 Å². The fraction of sp³-hybridized carbons (Fsp3) is 0.500. The SMILES string of the molecule is Cc1conc1NC(=O)[C@@H]1CCCO[C@H]1c1nccn1C. The van der Waals surface area contributed by atoms with E-state index < -0.39 is 0 Å². The number of hydrogen-bond acceptors (Lipinski definition) is 5. The minimum atomic E-state index is -0.328. The molecule has 0 spiro atoms. The molecule has 1 N–H and O–H groups in total. The Bertz CT molecular complexity index is 634. The highest BCUT2D eigenvalue weighted by atomic mass is 16.5. The number of amides is 1. The summed E-state index contributed by atoms with van der Waals surface area (Å²) in [6, 6.07) is 0. The Labute approximate surface area is 122 Å². The third-order valence-corrected chi connectivity index (χ3v) is 3.76. The minimum Gasteiger partial charge on any atom is -0.369 e. The maximum absolute atomic E-state index is 12.5. The predicted molar refractivity (Wildman–Crippen MR) is 74.5 cm³/mol. The molecule has 7 nitrogen and oxygen atoms in total. The fourth-order valence-electron chi connectivity index (χ4n) is 2.57. The van der Waals surface area contributed by atoms with E-state index in [0.717, 1.165) is 24.2 Å². The number of imidazole rings is 1. The average Bonchev–Trinajstić information content (AvgIpc) is 3.08. The van der Waals surface area contributed by atoms with Gasteiger partial charge in [0.1, 0.15) is 18.2 Å². The van der Waals surface area contributed by atoms with E-state index in [-0.39, 0.29) is 17.9 Å². The molecule has 2 aromatic heterocycles. The van der Waals surface area contributed by atoms with E-state index in [1.165, 1.54) is 6.26 Å². The molecule has 2 aromatic rings. The lowest BCUT2D eigenvalue weighted by atomic mass is 9.92. The lowest BCUT2D eigenvalue weighted by molar-refractivity contribution is -0.130. The second-order valence-electron chi connectivity index (χ2n) is 5.27. The molecule has 1 fully saturated rings. The summed E-state index contributed by atoms with van der Waals surface area (Å²) in [5.41, 5.74) is 0.800. The van der Waals surface area contributed by atoms with E-state index in [0.29, 0.717) is 12.4 Å². The number of nitrogens with one attached hydrogen (secondary N) is 1. The minimum absolute atomic E-state index is 0.111. The van der Waals surface area contributed by atoms with Gasteiger partial charge in [-0.1, -0.05) is 5.16 Å². The molecule has 1 saturated heterocycles. The van der Waals surface area contributed by atoms with Gasteiger partial charge in [0.05, 0.1) is 5.92 Å². The maximum atomic E-state index is 12.5. The van der Waals surface area contributed by atoms with Crippen LogP contribution in [-0.2, 0) is 16.6 Å². The largest absolute Gasteiger partial charge is 0.369 e. The van der Waals surface area contributed by atoms with Crippen molar-refractivity contribution in [3.05, 3.63) is 30.0 Å². The van der Waals surface area contributed by atoms with Gasteiger partial charge >= 0.3 is 0 Å². The molecule has 2 atom stereocenters. The van der Waals surface area contributed by atoms with Crippen LogP contribution in [0.2, 0.25) is 0 Å². The molecule has 21 heavy (non-hydrogen) atoms. The van der Waals surface area contributed by atoms with Crippen molar-refractivity contribution >= 4 is 11.7 Å². The van der Waals surface area contributed by atoms with E-state index in [1.54, 1.807) is 6.20 Å². The normalized spacial score (nSPS) is 22.2. The summed E-state index contributed by atoms with van der Waals surface area (Å²) >= 11 is 0. The van der Waals surface area contributed by atoms with Crippen molar-refractivity contribution in [2.45, 2.75) is 25.9 Å². The van der Waals surface area contributed by atoms with Gasteiger partial charge in [-0.25, -0.2) is 4.98 Å². The van der Waals surface area contributed by atoms with Gasteiger partial charge in [-0.15, -0.1) is 0 Å². The van der Waals surface area contributed by atoms with Crippen LogP contribution in [0.4, 0.5) is 5.82 Å². The number of anilines is 1. The van der Waals surface area contributed by atoms with Gasteiger partial charge in [0, 0.05) is 31.6 Å². The van der Waals surface area contributed by atoms with E-state index in [9.17, 15) is 4.79 Å². The summed E-state index contributed by atoms with van der Waals surface area (Å²) in [6.07, 6.45) is 6.36. The van der Waals surface area contributed by atoms with Crippen LogP contribution in [0.15, 0.2) is 23.2 Å². The molecule has 7 heteroatoms. The highest BCUT2D eigenvalue weighted by Gasteiger charge is 2.35. The number of rotatable bonds is 3. The molecule has 3 heterocycles. The summed E-state index contributed by atoms with van der Waals surface area (Å²) < 4.78 is 12.5. The number of hydrogen-bond donors (Lipinski definition) is 1. The number of ether oxygens (including phenoxy) is 1. The Morgan fingerprint density at radius 3 is 3.05 bits per heavy atom. The average molecular weight is 290 g/mol. The summed E-state index contributed by atoms with van der Waals surface area (Å²) in [6.45, 7) is 2.48. The van der Waals surface area contributed by atoms with Gasteiger partial charge in [0.25, 0.3) is 0 Å². The maximum Gasteiger partial charge on any atom is 0.231 e. The fourth-order valence-corrected chi connectivity index (χ4v) is 2.57. The molecule has 0 radical (unpaired) electrons. The molecule has 1 aliphatic heterocycles. The van der Waals surface area contributed by atoms with Crippen LogP contribution in [0, 0.1) is 12.8 Å². The van der Waals surface area contributed by atoms with Gasteiger partial charge in [-0.3, -0.25) is 4.79 Å². The van der Waals surface area contributed by atoms with E-state index in [4.69, 9.17) is 9.26 Å². The Morgan fingerprint density at radius 2 is 2.38 bits per heavy atom. The van der Waals surface area contributed by atoms with Crippen molar-refractivity contribution in [3.8, 4) is 0 Å². The second-order valence-corrected chi connectivity index (χ2v) is 5.27. The predicted octanol–water partition coefficient (Wildman–Crippen LogP) is 1.82. The van der Waals surface area contributed by atoms with Crippen molar-refractivity contribution in [3.63, 3.8) is 0 Å². The smallest absolute Gasteiger partial charge is 0.231 e. The van der Waals surface area contributed by atoms with E-state index in [2.05, 4.69) is 15.5 Å². The zero-order chi connectivity index (χ0) is 14.8. The molecule has 0 saturated carbocycles. The van der Waals surface area contributed by atoms with Gasteiger partial charge in [-0.2, -0.15) is 0 Å². The van der Waals surface area contributed by atoms with E-state index in [1.807, 2.05) is 24.7 Å². The van der Waals surface area contributed by atoms with Crippen LogP contribution in [0.5, 0.6) is 0 Å². The molecule has 0 bridgehead atoms. The molecular weight excluding hydrogens is 272 g/mol. The summed E-state index contributed by atoms with van der Waals surface area (Å²) in [5.74, 6) is 0.839. The third-order valence-electron chi connectivity index (χ3n) is 3.76. The first kappa shape index (κ1) is 13.8. The van der Waals surface area contributed by atoms with Crippen molar-refractivity contribution in [2.75, 3.05) is 11.9 Å². The van der Waals surface area contributed by atoms with Crippen LogP contribution < -0.4 is 5.32 Å². The molecule has 1 aliphatic rings. The monoisotopic (exact) mass is 290 g/mol. The number of carbonyl (C=O) groups excluding carboxylic acids is 1. The Balaban J connectivity index is 1.79. The lowest BCUT2D eigenvalue weighted by Gasteiger charge is -2.30. The van der Waals surface area contributed by atoms with Crippen LogP contribution in [0.3, 0.4) is 0 Å². The molecule has 0 aromatic carbocycles. The van der Waals surface area contributed by atoms with Gasteiger partial charge < -0.3 is 19.1 Å². The molecule has 0 aliphatic carbocycles. The zero-order valence-corrected chi connectivity index (χ0v) is 12.1. The molecule has 1 amide bonds. The molecular formula is C14H18N4O3. The van der Waals surface area contributed by atoms with Crippen molar-refractivity contribution in [2.24, 2.45) is 13.0 Å². The third kappa shape index (κ3) is 2.69. The standard InChI is InChI=1S/C14H18N4O3/c1-9-8-21-17-12(9)16-14(19)10-4-3-7-20-11(10)13-15-5-6-18(13)2/h5-6,8,10-11H,3-4,7H2,1-2H3,(H,16,17,19)/t10-,11-/m1/s1. The number of carbonyl (C=O) groups is 1. The number of aryl methyl sites for hydroxylation is 2. The summed E-state index contributed by atoms with van der Waals surface area (Å²) in [5, 5.41) is 6.60. The lowest BCUT2D eigenvalue weighted by Crippen LogP contribution is -2.34. The van der Waals surface area contributed by atoms with Crippen molar-refractivity contribution in [1.82, 2.24) is 14.7 Å². The number of nitrogens with zero attached hydrogens (tertiary/aromatic N) is 3. The van der Waals surface area contributed by atoms with Crippen LogP contribution in [0.1, 0.15) is 30.3 Å². The first-order valence-corrected chi connectivity index (χ1v) is 6.97. The summed E-state index contributed by atoms with van der Waals surface area (Å²) in [7, 11) is 1.90. The number of aromatic nitrogens is 3. The van der Waals surface area contributed by atoms with Gasteiger partial charge in [-0.05, 0) is 19.8 Å². The zero-order valence-electron chi connectivity index (χ0n) is 12.1. The second kappa shape index (κ2) is 5.69. The van der Waals surface area contributed by atoms with Crippen molar-refractivity contribution in [1.29, 1.82) is 0 Å². The molecule has 3 rings (SSSR count). The van der Waals surface area contributed by atoms with Crippen molar-refractivity contribution < 1.29 is 14.1 Å². The van der Waals surface area contributed by atoms with Gasteiger partial charge in [0.15, 0.2) is 5.82 Å². The Hall–Kier alpha value is -2.15.